The summed E-state index contributed by atoms with van der Waals surface area (Å²) in [5, 5.41) is 0.0156. The van der Waals surface area contributed by atoms with Gasteiger partial charge in [0, 0.05) is 23.1 Å². The zero-order chi connectivity index (χ0) is 19.7. The van der Waals surface area contributed by atoms with E-state index in [4.69, 9.17) is 0 Å². The number of carbonyl (C=O) groups excluding carboxylic acids is 1. The predicted octanol–water partition coefficient (Wildman–Crippen LogP) is 3.26. The van der Waals surface area contributed by atoms with Crippen molar-refractivity contribution in [1.29, 1.82) is 0 Å². The quantitative estimate of drug-likeness (QED) is 0.693. The van der Waals surface area contributed by atoms with Crippen LogP contribution < -0.4 is 0 Å². The van der Waals surface area contributed by atoms with E-state index in [1.807, 2.05) is 32.0 Å². The minimum atomic E-state index is -3.82. The summed E-state index contributed by atoms with van der Waals surface area (Å²) in [6.45, 7) is 4.56. The molecule has 0 bridgehead atoms. The summed E-state index contributed by atoms with van der Waals surface area (Å²) in [7, 11) is -3.82. The van der Waals surface area contributed by atoms with Crippen molar-refractivity contribution in [2.24, 2.45) is 5.92 Å². The molecule has 2 aromatic carbocycles. The number of fused-ring (bicyclic) bond motifs is 5. The zero-order valence-corrected chi connectivity index (χ0v) is 16.7. The number of para-hydroxylation sites is 1. The number of carbonyl (C=O) groups is 1. The van der Waals surface area contributed by atoms with Gasteiger partial charge in [0.2, 0.25) is 5.91 Å². The topological polar surface area (TPSA) is 70.2 Å². The normalized spacial score (nSPS) is 24.2. The fourth-order valence-electron chi connectivity index (χ4n) is 5.19. The van der Waals surface area contributed by atoms with Crippen molar-refractivity contribution in [2.45, 2.75) is 36.0 Å². The lowest BCUT2D eigenvalue weighted by Crippen LogP contribution is -2.77. The van der Waals surface area contributed by atoms with Gasteiger partial charge in [-0.05, 0) is 36.1 Å². The number of aromatic amines is 1. The van der Waals surface area contributed by atoms with Crippen molar-refractivity contribution in [3.05, 3.63) is 65.9 Å². The second-order valence-corrected chi connectivity index (χ2v) is 10.0. The first-order chi connectivity index (χ1) is 13.4. The average Bonchev–Trinajstić information content (AvgIpc) is 3.06. The summed E-state index contributed by atoms with van der Waals surface area (Å²) in [5.74, 6) is -0.345. The van der Waals surface area contributed by atoms with Gasteiger partial charge < -0.3 is 9.88 Å². The lowest BCUT2D eigenvalue weighted by molar-refractivity contribution is -0.164. The molecule has 5 rings (SSSR count). The second kappa shape index (κ2) is 5.70. The molecule has 1 N–H and O–H groups in total. The van der Waals surface area contributed by atoms with Crippen LogP contribution in [0.15, 0.2) is 59.5 Å². The van der Waals surface area contributed by atoms with Crippen LogP contribution in [0.4, 0.5) is 0 Å². The minimum absolute atomic E-state index is 0.0548. The van der Waals surface area contributed by atoms with Crippen molar-refractivity contribution in [3.63, 3.8) is 0 Å². The molecular formula is C22H22N2O3S. The molecule has 0 unspecified atom stereocenters. The summed E-state index contributed by atoms with van der Waals surface area (Å²) in [6, 6.07) is 16.4. The Morgan fingerprint density at radius 2 is 1.75 bits per heavy atom. The predicted molar refractivity (Wildman–Crippen MR) is 108 cm³/mol. The van der Waals surface area contributed by atoms with Crippen LogP contribution in [0, 0.1) is 5.92 Å². The van der Waals surface area contributed by atoms with Crippen LogP contribution in [-0.2, 0) is 26.6 Å². The van der Waals surface area contributed by atoms with E-state index in [1.165, 1.54) is 0 Å². The van der Waals surface area contributed by atoms with Gasteiger partial charge in [-0.25, -0.2) is 8.42 Å². The molecule has 0 spiro atoms. The number of nitrogens with zero attached hydrogens (tertiary/aromatic N) is 1. The Hall–Kier alpha value is -2.60. The fraction of sp³-hybridized carbons (Fsp3) is 0.318. The van der Waals surface area contributed by atoms with Crippen LogP contribution in [0.1, 0.15) is 25.1 Å². The van der Waals surface area contributed by atoms with E-state index in [0.29, 0.717) is 6.54 Å². The number of aromatic nitrogens is 1. The Labute approximate surface area is 164 Å². The maximum atomic E-state index is 13.6. The van der Waals surface area contributed by atoms with Crippen molar-refractivity contribution >= 4 is 26.6 Å². The van der Waals surface area contributed by atoms with Gasteiger partial charge in [-0.15, -0.1) is 0 Å². The first-order valence-corrected chi connectivity index (χ1v) is 11.1. The van der Waals surface area contributed by atoms with E-state index in [9.17, 15) is 13.2 Å². The molecule has 28 heavy (non-hydrogen) atoms. The largest absolute Gasteiger partial charge is 0.356 e. The third-order valence-electron chi connectivity index (χ3n) is 6.40. The fourth-order valence-corrected chi connectivity index (χ4v) is 7.38. The second-order valence-electron chi connectivity index (χ2n) is 7.98. The van der Waals surface area contributed by atoms with Crippen LogP contribution in [-0.4, -0.2) is 36.0 Å². The van der Waals surface area contributed by atoms with Crippen molar-refractivity contribution in [3.8, 4) is 0 Å². The van der Waals surface area contributed by atoms with Gasteiger partial charge in [-0.3, -0.25) is 4.79 Å². The van der Waals surface area contributed by atoms with Crippen molar-refractivity contribution < 1.29 is 13.2 Å². The molecule has 0 aliphatic carbocycles. The molecule has 1 saturated heterocycles. The summed E-state index contributed by atoms with van der Waals surface area (Å²) in [5.41, 5.74) is 2.16. The van der Waals surface area contributed by atoms with Crippen LogP contribution in [0.3, 0.4) is 0 Å². The van der Waals surface area contributed by atoms with Gasteiger partial charge in [-0.2, -0.15) is 0 Å². The zero-order valence-electron chi connectivity index (χ0n) is 15.8. The Kier molecular flexibility index (Phi) is 3.56. The monoisotopic (exact) mass is 394 g/mol. The SMILES string of the molecule is CC(C)[C@@]12c3[nH]c4ccccc4c3CCN1C(=O)[C@H]2S(=O)(=O)c1ccccc1. The highest BCUT2D eigenvalue weighted by Crippen LogP contribution is 2.55. The highest BCUT2D eigenvalue weighted by Gasteiger charge is 2.70. The maximum Gasteiger partial charge on any atom is 0.245 e. The van der Waals surface area contributed by atoms with E-state index in [0.717, 1.165) is 28.6 Å². The smallest absolute Gasteiger partial charge is 0.245 e. The van der Waals surface area contributed by atoms with Crippen LogP contribution >= 0.6 is 0 Å². The molecule has 2 aliphatic heterocycles. The van der Waals surface area contributed by atoms with Gasteiger partial charge in [0.15, 0.2) is 15.1 Å². The van der Waals surface area contributed by atoms with Crippen LogP contribution in [0.2, 0.25) is 0 Å². The van der Waals surface area contributed by atoms with Gasteiger partial charge in [-0.1, -0.05) is 50.2 Å². The molecule has 144 valence electrons. The van der Waals surface area contributed by atoms with Crippen LogP contribution in [0.5, 0.6) is 0 Å². The lowest BCUT2D eigenvalue weighted by atomic mass is 9.68. The number of rotatable bonds is 3. The molecule has 1 fully saturated rings. The average molecular weight is 394 g/mol. The first kappa shape index (κ1) is 17.5. The standard InChI is InChI=1S/C22H22N2O3S/c1-14(2)22-19-17(16-10-6-7-11-18(16)23-19)12-13-24(22)21(25)20(22)28(26,27)15-8-4-3-5-9-15/h3-11,14,20,23H,12-13H2,1-2H3/t20-,22+/m1/s1. The number of sulfone groups is 1. The molecular weight excluding hydrogens is 372 g/mol. The van der Waals surface area contributed by atoms with Gasteiger partial charge in [0.25, 0.3) is 0 Å². The Bertz CT molecular complexity index is 1200. The van der Waals surface area contributed by atoms with E-state index < -0.39 is 20.6 Å². The number of β-lactam (4-membered cyclic amide) rings is 1. The van der Waals surface area contributed by atoms with E-state index in [-0.39, 0.29) is 16.7 Å². The van der Waals surface area contributed by atoms with E-state index in [1.54, 1.807) is 35.2 Å². The molecule has 1 aromatic heterocycles. The van der Waals surface area contributed by atoms with Crippen molar-refractivity contribution in [1.82, 2.24) is 9.88 Å². The first-order valence-electron chi connectivity index (χ1n) is 9.60. The highest BCUT2D eigenvalue weighted by molar-refractivity contribution is 7.93. The third-order valence-corrected chi connectivity index (χ3v) is 8.51. The summed E-state index contributed by atoms with van der Waals surface area (Å²) >= 11 is 0. The van der Waals surface area contributed by atoms with Gasteiger partial charge in [0.05, 0.1) is 4.90 Å². The van der Waals surface area contributed by atoms with Crippen molar-refractivity contribution in [2.75, 3.05) is 6.54 Å². The summed E-state index contributed by atoms with van der Waals surface area (Å²) < 4.78 is 27.1. The number of benzene rings is 2. The lowest BCUT2D eigenvalue weighted by Gasteiger charge is -2.61. The highest BCUT2D eigenvalue weighted by atomic mass is 32.2. The van der Waals surface area contributed by atoms with E-state index >= 15 is 0 Å². The number of hydrogen-bond donors (Lipinski definition) is 1. The molecule has 3 heterocycles. The van der Waals surface area contributed by atoms with E-state index in [2.05, 4.69) is 11.1 Å². The molecule has 2 atom stereocenters. The third kappa shape index (κ3) is 1.96. The molecule has 5 nitrogen and oxygen atoms in total. The number of H-pyrrole nitrogens is 1. The molecule has 6 heteroatoms. The van der Waals surface area contributed by atoms with Gasteiger partial charge >= 0.3 is 0 Å². The summed E-state index contributed by atoms with van der Waals surface area (Å²) in [4.78, 5) is 18.6. The Morgan fingerprint density at radius 3 is 2.46 bits per heavy atom. The molecule has 1 amide bonds. The maximum absolute atomic E-state index is 13.6. The number of hydrogen-bond acceptors (Lipinski definition) is 3. The molecule has 3 aromatic rings. The van der Waals surface area contributed by atoms with Gasteiger partial charge in [0.1, 0.15) is 5.54 Å². The number of nitrogens with one attached hydrogen (secondary N) is 1. The molecule has 0 radical (unpaired) electrons. The number of amides is 1. The van der Waals surface area contributed by atoms with Crippen LogP contribution in [0.25, 0.3) is 10.9 Å². The Balaban J connectivity index is 1.78. The molecule has 0 saturated carbocycles. The minimum Gasteiger partial charge on any atom is -0.356 e. The molecule has 2 aliphatic rings. The summed E-state index contributed by atoms with van der Waals surface area (Å²) in [6.07, 6.45) is 0.734. The Morgan fingerprint density at radius 1 is 1.07 bits per heavy atom.